The molecule has 0 saturated carbocycles. The number of hydrogen-bond donors (Lipinski definition) is 3. The standard InChI is InChI=1S/C5H9NO4S/c1-6-3(4(7)8)2-11-5(9)10/h3,6H,2H2,1H3,(H,7,8)(H,9,10). The molecular weight excluding hydrogens is 170 g/mol. The van der Waals surface area contributed by atoms with Gasteiger partial charge in [-0.15, -0.1) is 0 Å². The minimum absolute atomic E-state index is 0.0289. The van der Waals surface area contributed by atoms with E-state index in [1.807, 2.05) is 0 Å². The third-order valence-corrected chi connectivity index (χ3v) is 1.77. The van der Waals surface area contributed by atoms with Crippen molar-refractivity contribution in [3.63, 3.8) is 0 Å². The summed E-state index contributed by atoms with van der Waals surface area (Å²) >= 11 is 0.566. The van der Waals surface area contributed by atoms with E-state index >= 15 is 0 Å². The van der Waals surface area contributed by atoms with Crippen LogP contribution in [0.4, 0.5) is 4.79 Å². The number of aliphatic carboxylic acids is 1. The van der Waals surface area contributed by atoms with Gasteiger partial charge < -0.3 is 15.5 Å². The third-order valence-electron chi connectivity index (χ3n) is 1.02. The van der Waals surface area contributed by atoms with Crippen LogP contribution in [0.1, 0.15) is 0 Å². The maximum absolute atomic E-state index is 10.3. The number of rotatable bonds is 4. The molecule has 0 heterocycles. The smallest absolute Gasteiger partial charge is 0.364 e. The molecule has 0 aromatic heterocycles. The topological polar surface area (TPSA) is 86.6 Å². The monoisotopic (exact) mass is 179 g/mol. The summed E-state index contributed by atoms with van der Waals surface area (Å²) in [5, 5.41) is 18.0. The summed E-state index contributed by atoms with van der Waals surface area (Å²) in [6.07, 6.45) is 0. The molecule has 0 radical (unpaired) electrons. The van der Waals surface area contributed by atoms with Gasteiger partial charge in [0.15, 0.2) is 0 Å². The highest BCUT2D eigenvalue weighted by atomic mass is 32.2. The lowest BCUT2D eigenvalue weighted by Gasteiger charge is -2.07. The number of carbonyl (C=O) groups is 2. The first kappa shape index (κ1) is 10.2. The highest BCUT2D eigenvalue weighted by Gasteiger charge is 2.15. The second-order valence-electron chi connectivity index (χ2n) is 1.76. The van der Waals surface area contributed by atoms with Crippen LogP contribution in [-0.2, 0) is 4.79 Å². The summed E-state index contributed by atoms with van der Waals surface area (Å²) in [6.45, 7) is 0. The lowest BCUT2D eigenvalue weighted by Crippen LogP contribution is -2.36. The van der Waals surface area contributed by atoms with Gasteiger partial charge in [-0.25, -0.2) is 4.79 Å². The van der Waals surface area contributed by atoms with E-state index in [9.17, 15) is 9.59 Å². The SMILES string of the molecule is CNC(CSC(=O)O)C(=O)O. The predicted molar refractivity (Wildman–Crippen MR) is 41.0 cm³/mol. The van der Waals surface area contributed by atoms with Crippen LogP contribution in [0.3, 0.4) is 0 Å². The molecule has 0 aliphatic rings. The Morgan fingerprint density at radius 3 is 2.36 bits per heavy atom. The van der Waals surface area contributed by atoms with E-state index in [2.05, 4.69) is 5.32 Å². The number of thioether (sulfide) groups is 1. The highest BCUT2D eigenvalue weighted by Crippen LogP contribution is 2.03. The van der Waals surface area contributed by atoms with Crippen LogP contribution in [0.25, 0.3) is 0 Å². The molecule has 0 amide bonds. The quantitative estimate of drug-likeness (QED) is 0.566. The Morgan fingerprint density at radius 1 is 1.55 bits per heavy atom. The fraction of sp³-hybridized carbons (Fsp3) is 0.600. The average molecular weight is 179 g/mol. The first-order valence-electron chi connectivity index (χ1n) is 2.83. The summed E-state index contributed by atoms with van der Waals surface area (Å²) in [7, 11) is 1.47. The van der Waals surface area contributed by atoms with Crippen LogP contribution in [0.2, 0.25) is 0 Å². The molecule has 0 aromatic carbocycles. The van der Waals surface area contributed by atoms with E-state index in [0.29, 0.717) is 11.8 Å². The summed E-state index contributed by atoms with van der Waals surface area (Å²) in [6, 6.07) is -0.795. The second kappa shape index (κ2) is 4.97. The lowest BCUT2D eigenvalue weighted by molar-refractivity contribution is -0.138. The zero-order valence-electron chi connectivity index (χ0n) is 5.90. The maximum atomic E-state index is 10.3. The molecule has 3 N–H and O–H groups in total. The van der Waals surface area contributed by atoms with Gasteiger partial charge >= 0.3 is 11.3 Å². The minimum atomic E-state index is -1.06. The van der Waals surface area contributed by atoms with Crippen molar-refractivity contribution in [1.29, 1.82) is 0 Å². The summed E-state index contributed by atoms with van der Waals surface area (Å²) < 4.78 is 0. The number of hydrogen-bond acceptors (Lipinski definition) is 4. The Bertz CT molecular complexity index is 161. The molecule has 0 bridgehead atoms. The second-order valence-corrected chi connectivity index (χ2v) is 2.73. The molecule has 1 atom stereocenters. The average Bonchev–Trinajstić information content (AvgIpc) is 1.87. The number of carboxylic acid groups (broad SMARTS) is 2. The van der Waals surface area contributed by atoms with E-state index in [0.717, 1.165) is 0 Å². The predicted octanol–water partition coefficient (Wildman–Crippen LogP) is 0.0702. The van der Waals surface area contributed by atoms with Crippen LogP contribution in [-0.4, -0.2) is 40.3 Å². The molecule has 0 saturated heterocycles. The van der Waals surface area contributed by atoms with Crippen molar-refractivity contribution in [1.82, 2.24) is 5.32 Å². The van der Waals surface area contributed by atoms with E-state index in [4.69, 9.17) is 10.2 Å². The first-order chi connectivity index (χ1) is 5.07. The molecule has 5 nitrogen and oxygen atoms in total. The molecule has 0 aliphatic heterocycles. The van der Waals surface area contributed by atoms with Crippen LogP contribution in [0.15, 0.2) is 0 Å². The van der Waals surface area contributed by atoms with Crippen molar-refractivity contribution in [2.24, 2.45) is 0 Å². The Morgan fingerprint density at radius 2 is 2.09 bits per heavy atom. The molecule has 0 spiro atoms. The van der Waals surface area contributed by atoms with Gasteiger partial charge in [0.1, 0.15) is 6.04 Å². The Hall–Kier alpha value is -0.750. The number of likely N-dealkylation sites (N-methyl/N-ethyl adjacent to an activating group) is 1. The highest BCUT2D eigenvalue weighted by molar-refractivity contribution is 8.13. The molecule has 6 heteroatoms. The molecule has 11 heavy (non-hydrogen) atoms. The Balaban J connectivity index is 3.70. The van der Waals surface area contributed by atoms with Crippen molar-refractivity contribution in [2.45, 2.75) is 6.04 Å². The zero-order chi connectivity index (χ0) is 8.85. The van der Waals surface area contributed by atoms with Crippen molar-refractivity contribution < 1.29 is 19.8 Å². The Kier molecular flexibility index (Phi) is 4.64. The normalized spacial score (nSPS) is 12.5. The number of nitrogens with one attached hydrogen (secondary N) is 1. The minimum Gasteiger partial charge on any atom is -0.480 e. The summed E-state index contributed by atoms with van der Waals surface area (Å²) in [5.41, 5.74) is 0. The van der Waals surface area contributed by atoms with E-state index < -0.39 is 17.3 Å². The largest absolute Gasteiger partial charge is 0.480 e. The summed E-state index contributed by atoms with van der Waals surface area (Å²) in [4.78, 5) is 20.3. The van der Waals surface area contributed by atoms with Crippen molar-refractivity contribution >= 4 is 23.0 Å². The molecular formula is C5H9NO4S. The van der Waals surface area contributed by atoms with Gasteiger partial charge in [0, 0.05) is 5.75 Å². The molecule has 0 aromatic rings. The molecule has 0 rings (SSSR count). The fourth-order valence-corrected chi connectivity index (χ4v) is 1.05. The van der Waals surface area contributed by atoms with Gasteiger partial charge in [0.2, 0.25) is 0 Å². The van der Waals surface area contributed by atoms with Crippen LogP contribution < -0.4 is 5.32 Å². The van der Waals surface area contributed by atoms with Crippen molar-refractivity contribution in [2.75, 3.05) is 12.8 Å². The maximum Gasteiger partial charge on any atom is 0.364 e. The molecule has 0 aliphatic carbocycles. The fourth-order valence-electron chi connectivity index (χ4n) is 0.433. The number of carboxylic acids is 1. The lowest BCUT2D eigenvalue weighted by atomic mass is 10.3. The van der Waals surface area contributed by atoms with Gasteiger partial charge in [-0.3, -0.25) is 4.79 Å². The third kappa shape index (κ3) is 4.63. The van der Waals surface area contributed by atoms with Crippen molar-refractivity contribution in [3.05, 3.63) is 0 Å². The molecule has 64 valence electrons. The van der Waals surface area contributed by atoms with Crippen LogP contribution in [0, 0.1) is 0 Å². The van der Waals surface area contributed by atoms with Gasteiger partial charge in [0.05, 0.1) is 0 Å². The summed E-state index contributed by atoms with van der Waals surface area (Å²) in [5.74, 6) is -1.01. The van der Waals surface area contributed by atoms with Gasteiger partial charge in [-0.2, -0.15) is 0 Å². The van der Waals surface area contributed by atoms with E-state index in [1.165, 1.54) is 7.05 Å². The van der Waals surface area contributed by atoms with Gasteiger partial charge in [-0.1, -0.05) is 0 Å². The molecule has 0 fully saturated rings. The zero-order valence-corrected chi connectivity index (χ0v) is 6.72. The van der Waals surface area contributed by atoms with Crippen LogP contribution >= 0.6 is 11.8 Å². The van der Waals surface area contributed by atoms with E-state index in [1.54, 1.807) is 0 Å². The van der Waals surface area contributed by atoms with Gasteiger partial charge in [-0.05, 0) is 18.8 Å². The van der Waals surface area contributed by atoms with E-state index in [-0.39, 0.29) is 5.75 Å². The van der Waals surface area contributed by atoms with Crippen LogP contribution in [0.5, 0.6) is 0 Å². The molecule has 1 unspecified atom stereocenters. The van der Waals surface area contributed by atoms with Crippen molar-refractivity contribution in [3.8, 4) is 0 Å². The van der Waals surface area contributed by atoms with Gasteiger partial charge in [0.25, 0.3) is 0 Å². The Labute approximate surface area is 67.8 Å². The first-order valence-corrected chi connectivity index (χ1v) is 3.82.